The van der Waals surface area contributed by atoms with Crippen molar-refractivity contribution in [1.29, 1.82) is 0 Å². The van der Waals surface area contributed by atoms with E-state index in [2.05, 4.69) is 46.1 Å². The molecule has 0 fully saturated rings. The lowest BCUT2D eigenvalue weighted by molar-refractivity contribution is 0.453. The summed E-state index contributed by atoms with van der Waals surface area (Å²) in [4.78, 5) is 4.48. The second-order valence-corrected chi connectivity index (χ2v) is 5.96. The van der Waals surface area contributed by atoms with Crippen LogP contribution in [0.2, 0.25) is 0 Å². The molecule has 0 saturated heterocycles. The maximum atomic E-state index is 13.5. The number of nitrogens with zero attached hydrogens (tertiary/aromatic N) is 1. The SMILES string of the molecule is CNCc1cc(Oc2ccc(Br)c(F)c2)nc(C(C)C)c1. The number of hydrogen-bond acceptors (Lipinski definition) is 3. The fraction of sp³-hybridized carbons (Fsp3) is 0.312. The van der Waals surface area contributed by atoms with Gasteiger partial charge in [0.1, 0.15) is 11.6 Å². The Bertz CT molecular complexity index is 632. The van der Waals surface area contributed by atoms with Crippen molar-refractivity contribution < 1.29 is 9.13 Å². The molecule has 2 aromatic rings. The van der Waals surface area contributed by atoms with Gasteiger partial charge in [-0.1, -0.05) is 13.8 Å². The third kappa shape index (κ3) is 4.25. The average Bonchev–Trinajstić information content (AvgIpc) is 2.43. The van der Waals surface area contributed by atoms with E-state index < -0.39 is 0 Å². The lowest BCUT2D eigenvalue weighted by atomic mass is 10.1. The van der Waals surface area contributed by atoms with Gasteiger partial charge in [0.25, 0.3) is 0 Å². The summed E-state index contributed by atoms with van der Waals surface area (Å²) in [6.07, 6.45) is 0. The Morgan fingerprint density at radius 3 is 2.67 bits per heavy atom. The fourth-order valence-electron chi connectivity index (χ4n) is 1.90. The number of pyridine rings is 1. The molecule has 21 heavy (non-hydrogen) atoms. The van der Waals surface area contributed by atoms with Crippen molar-refractivity contribution in [3.05, 3.63) is 51.9 Å². The number of benzene rings is 1. The first kappa shape index (κ1) is 15.9. The smallest absolute Gasteiger partial charge is 0.219 e. The van der Waals surface area contributed by atoms with Crippen LogP contribution in [-0.4, -0.2) is 12.0 Å². The summed E-state index contributed by atoms with van der Waals surface area (Å²) in [5.41, 5.74) is 2.04. The van der Waals surface area contributed by atoms with Crippen LogP contribution in [0, 0.1) is 5.82 Å². The van der Waals surface area contributed by atoms with Crippen molar-refractivity contribution in [2.45, 2.75) is 26.3 Å². The van der Waals surface area contributed by atoms with Crippen molar-refractivity contribution in [2.75, 3.05) is 7.05 Å². The van der Waals surface area contributed by atoms with Crippen molar-refractivity contribution in [3.63, 3.8) is 0 Å². The molecule has 0 bridgehead atoms. The molecule has 112 valence electrons. The summed E-state index contributed by atoms with van der Waals surface area (Å²) in [6, 6.07) is 8.57. The molecule has 2 rings (SSSR count). The zero-order valence-electron chi connectivity index (χ0n) is 12.3. The Balaban J connectivity index is 2.31. The number of halogens is 2. The number of hydrogen-bond donors (Lipinski definition) is 1. The Morgan fingerprint density at radius 1 is 1.29 bits per heavy atom. The third-order valence-electron chi connectivity index (χ3n) is 2.97. The molecule has 1 N–H and O–H groups in total. The summed E-state index contributed by atoms with van der Waals surface area (Å²) >= 11 is 3.12. The van der Waals surface area contributed by atoms with Gasteiger partial charge in [-0.3, -0.25) is 0 Å². The van der Waals surface area contributed by atoms with E-state index in [0.29, 0.717) is 22.0 Å². The fourth-order valence-corrected chi connectivity index (χ4v) is 2.14. The molecule has 0 unspecified atom stereocenters. The second-order valence-electron chi connectivity index (χ2n) is 5.10. The summed E-state index contributed by atoms with van der Waals surface area (Å²) in [7, 11) is 1.89. The van der Waals surface area contributed by atoms with Gasteiger partial charge in [0.05, 0.1) is 4.47 Å². The summed E-state index contributed by atoms with van der Waals surface area (Å²) in [5, 5.41) is 3.11. The van der Waals surface area contributed by atoms with Gasteiger partial charge in [-0.2, -0.15) is 0 Å². The maximum absolute atomic E-state index is 13.5. The minimum atomic E-state index is -0.358. The molecule has 1 aromatic carbocycles. The van der Waals surface area contributed by atoms with Gasteiger partial charge in [0.2, 0.25) is 5.88 Å². The van der Waals surface area contributed by atoms with Gasteiger partial charge in [-0.15, -0.1) is 0 Å². The Hall–Kier alpha value is -1.46. The molecule has 0 aliphatic heterocycles. The average molecular weight is 353 g/mol. The predicted molar refractivity (Wildman–Crippen MR) is 85.3 cm³/mol. The van der Waals surface area contributed by atoms with Crippen LogP contribution < -0.4 is 10.1 Å². The largest absolute Gasteiger partial charge is 0.439 e. The zero-order chi connectivity index (χ0) is 15.4. The summed E-state index contributed by atoms with van der Waals surface area (Å²) in [6.45, 7) is 4.89. The van der Waals surface area contributed by atoms with Crippen LogP contribution in [0.4, 0.5) is 4.39 Å². The van der Waals surface area contributed by atoms with Crippen LogP contribution in [0.5, 0.6) is 11.6 Å². The quantitative estimate of drug-likeness (QED) is 0.852. The third-order valence-corrected chi connectivity index (χ3v) is 3.61. The van der Waals surface area contributed by atoms with E-state index in [0.717, 1.165) is 17.8 Å². The van der Waals surface area contributed by atoms with E-state index in [1.54, 1.807) is 12.1 Å². The summed E-state index contributed by atoms with van der Waals surface area (Å²) < 4.78 is 19.6. The van der Waals surface area contributed by atoms with Gasteiger partial charge >= 0.3 is 0 Å². The highest BCUT2D eigenvalue weighted by Crippen LogP contribution is 2.26. The molecule has 0 atom stereocenters. The molecule has 0 saturated carbocycles. The second kappa shape index (κ2) is 7.00. The lowest BCUT2D eigenvalue weighted by Gasteiger charge is -2.12. The molecule has 1 aromatic heterocycles. The van der Waals surface area contributed by atoms with E-state index in [-0.39, 0.29) is 5.82 Å². The van der Waals surface area contributed by atoms with Crippen molar-refractivity contribution in [2.24, 2.45) is 0 Å². The predicted octanol–water partition coefficient (Wildman–Crippen LogP) is 4.62. The normalized spacial score (nSPS) is 11.0. The summed E-state index contributed by atoms with van der Waals surface area (Å²) in [5.74, 6) is 0.849. The molecule has 0 amide bonds. The minimum absolute atomic E-state index is 0.297. The van der Waals surface area contributed by atoms with Gasteiger partial charge < -0.3 is 10.1 Å². The molecule has 0 radical (unpaired) electrons. The molecule has 1 heterocycles. The topological polar surface area (TPSA) is 34.1 Å². The van der Waals surface area contributed by atoms with Crippen LogP contribution in [0.3, 0.4) is 0 Å². The Morgan fingerprint density at radius 2 is 2.05 bits per heavy atom. The van der Waals surface area contributed by atoms with Gasteiger partial charge in [0, 0.05) is 24.4 Å². The van der Waals surface area contributed by atoms with Crippen molar-refractivity contribution in [1.82, 2.24) is 10.3 Å². The van der Waals surface area contributed by atoms with Crippen molar-refractivity contribution in [3.8, 4) is 11.6 Å². The van der Waals surface area contributed by atoms with E-state index in [1.807, 2.05) is 13.1 Å². The highest BCUT2D eigenvalue weighted by atomic mass is 79.9. The highest BCUT2D eigenvalue weighted by molar-refractivity contribution is 9.10. The monoisotopic (exact) mass is 352 g/mol. The molecule has 0 aliphatic rings. The maximum Gasteiger partial charge on any atom is 0.219 e. The van der Waals surface area contributed by atoms with Crippen molar-refractivity contribution >= 4 is 15.9 Å². The first-order chi connectivity index (χ1) is 9.99. The number of ether oxygens (including phenoxy) is 1. The molecule has 3 nitrogen and oxygen atoms in total. The van der Waals surface area contributed by atoms with Crippen LogP contribution in [0.1, 0.15) is 31.0 Å². The first-order valence-electron chi connectivity index (χ1n) is 6.78. The number of rotatable bonds is 5. The number of nitrogens with one attached hydrogen (secondary N) is 1. The van der Waals surface area contributed by atoms with Gasteiger partial charge in [-0.25, -0.2) is 9.37 Å². The lowest BCUT2D eigenvalue weighted by Crippen LogP contribution is -2.07. The molecule has 5 heteroatoms. The molecule has 0 aliphatic carbocycles. The zero-order valence-corrected chi connectivity index (χ0v) is 13.9. The van der Waals surface area contributed by atoms with E-state index in [1.165, 1.54) is 6.07 Å². The van der Waals surface area contributed by atoms with Crippen LogP contribution in [0.25, 0.3) is 0 Å². The Kier molecular flexibility index (Phi) is 5.31. The van der Waals surface area contributed by atoms with Gasteiger partial charge in [-0.05, 0) is 52.7 Å². The van der Waals surface area contributed by atoms with Crippen LogP contribution in [-0.2, 0) is 6.54 Å². The number of aromatic nitrogens is 1. The van der Waals surface area contributed by atoms with E-state index in [9.17, 15) is 4.39 Å². The first-order valence-corrected chi connectivity index (χ1v) is 7.57. The minimum Gasteiger partial charge on any atom is -0.439 e. The molecular weight excluding hydrogens is 335 g/mol. The van der Waals surface area contributed by atoms with Crippen LogP contribution in [0.15, 0.2) is 34.8 Å². The van der Waals surface area contributed by atoms with E-state index in [4.69, 9.17) is 4.74 Å². The van der Waals surface area contributed by atoms with Crippen LogP contribution >= 0.6 is 15.9 Å². The molecular formula is C16H18BrFN2O. The Labute approximate surface area is 132 Å². The van der Waals surface area contributed by atoms with Gasteiger partial charge in [0.15, 0.2) is 0 Å². The standard InChI is InChI=1S/C16H18BrFN2O/c1-10(2)15-6-11(9-19-3)7-16(20-15)21-12-4-5-13(17)14(18)8-12/h4-8,10,19H,9H2,1-3H3. The van der Waals surface area contributed by atoms with E-state index >= 15 is 0 Å². The molecule has 0 spiro atoms. The highest BCUT2D eigenvalue weighted by Gasteiger charge is 2.09.